The molecule has 27 heavy (non-hydrogen) atoms. The molecule has 6 heteroatoms. The molecule has 0 bridgehead atoms. The van der Waals surface area contributed by atoms with Gasteiger partial charge < -0.3 is 19.6 Å². The van der Waals surface area contributed by atoms with Gasteiger partial charge in [0.05, 0.1) is 19.3 Å². The summed E-state index contributed by atoms with van der Waals surface area (Å²) in [6.45, 7) is 2.25. The van der Waals surface area contributed by atoms with Crippen molar-refractivity contribution in [3.05, 3.63) is 71.8 Å². The second-order valence-corrected chi connectivity index (χ2v) is 6.46. The van der Waals surface area contributed by atoms with E-state index in [4.69, 9.17) is 4.74 Å². The molecule has 1 aliphatic rings. The maximum Gasteiger partial charge on any atom is 0.331 e. The van der Waals surface area contributed by atoms with Crippen molar-refractivity contribution in [3.63, 3.8) is 0 Å². The van der Waals surface area contributed by atoms with Crippen LogP contribution in [0.5, 0.6) is 0 Å². The molecule has 0 saturated carbocycles. The van der Waals surface area contributed by atoms with Crippen molar-refractivity contribution >= 4 is 12.0 Å². The average molecular weight is 368 g/mol. The molecular weight excluding hydrogens is 344 g/mol. The molecule has 2 aromatic carbocycles. The Labute approximate surface area is 159 Å². The number of rotatable bonds is 7. The van der Waals surface area contributed by atoms with Gasteiger partial charge in [-0.25, -0.2) is 9.59 Å². The van der Waals surface area contributed by atoms with Gasteiger partial charge in [-0.3, -0.25) is 0 Å². The summed E-state index contributed by atoms with van der Waals surface area (Å²) >= 11 is 0. The Bertz CT molecular complexity index is 766. The number of carbonyl (C=O) groups is 2. The molecule has 1 fully saturated rings. The number of benzene rings is 2. The molecule has 0 aromatic heterocycles. The number of amides is 2. The lowest BCUT2D eigenvalue weighted by Gasteiger charge is -2.25. The van der Waals surface area contributed by atoms with Crippen LogP contribution in [0.4, 0.5) is 4.79 Å². The molecule has 0 spiro atoms. The van der Waals surface area contributed by atoms with Crippen molar-refractivity contribution in [3.8, 4) is 0 Å². The largest absolute Gasteiger partial charge is 0.464 e. The van der Waals surface area contributed by atoms with Crippen LogP contribution in [0.2, 0.25) is 0 Å². The highest BCUT2D eigenvalue weighted by Crippen LogP contribution is 2.28. The Morgan fingerprint density at radius 1 is 0.963 bits per heavy atom. The fourth-order valence-electron chi connectivity index (χ4n) is 3.43. The summed E-state index contributed by atoms with van der Waals surface area (Å²) in [4.78, 5) is 28.8. The highest BCUT2D eigenvalue weighted by Gasteiger charge is 2.49. The minimum Gasteiger partial charge on any atom is -0.464 e. The van der Waals surface area contributed by atoms with Crippen molar-refractivity contribution in [1.29, 1.82) is 0 Å². The molecule has 142 valence electrons. The minimum absolute atomic E-state index is 0.222. The van der Waals surface area contributed by atoms with Crippen LogP contribution in [0, 0.1) is 0 Å². The van der Waals surface area contributed by atoms with Crippen molar-refractivity contribution in [1.82, 2.24) is 9.80 Å². The third kappa shape index (κ3) is 4.11. The molecule has 1 heterocycles. The highest BCUT2D eigenvalue weighted by atomic mass is 16.5. The third-order valence-electron chi connectivity index (χ3n) is 4.70. The number of aliphatic hydroxyl groups excluding tert-OH is 1. The normalized spacial score (nSPS) is 19.4. The molecule has 1 N–H and O–H groups in total. The van der Waals surface area contributed by atoms with E-state index in [2.05, 4.69) is 0 Å². The fraction of sp³-hybridized carbons (Fsp3) is 0.333. The van der Waals surface area contributed by atoms with E-state index in [0.29, 0.717) is 6.54 Å². The van der Waals surface area contributed by atoms with E-state index in [0.717, 1.165) is 11.1 Å². The lowest BCUT2D eigenvalue weighted by molar-refractivity contribution is -0.149. The number of nitrogens with zero attached hydrogens (tertiary/aromatic N) is 2. The number of aliphatic hydroxyl groups is 1. The minimum atomic E-state index is -0.841. The molecule has 2 unspecified atom stereocenters. The fourth-order valence-corrected chi connectivity index (χ4v) is 3.43. The second-order valence-electron chi connectivity index (χ2n) is 6.46. The van der Waals surface area contributed by atoms with Crippen LogP contribution in [-0.2, 0) is 22.6 Å². The van der Waals surface area contributed by atoms with Crippen molar-refractivity contribution in [2.45, 2.75) is 32.1 Å². The summed E-state index contributed by atoms with van der Waals surface area (Å²) in [6.07, 6.45) is 0. The maximum atomic E-state index is 13.1. The third-order valence-corrected chi connectivity index (χ3v) is 4.70. The second kappa shape index (κ2) is 8.68. The first kappa shape index (κ1) is 18.9. The van der Waals surface area contributed by atoms with E-state index in [1.165, 1.54) is 4.90 Å². The molecule has 2 atom stereocenters. The van der Waals surface area contributed by atoms with Gasteiger partial charge in [-0.15, -0.1) is 0 Å². The van der Waals surface area contributed by atoms with Crippen LogP contribution in [0.25, 0.3) is 0 Å². The Morgan fingerprint density at radius 2 is 1.48 bits per heavy atom. The molecule has 2 aromatic rings. The molecule has 1 saturated heterocycles. The maximum absolute atomic E-state index is 13.1. The zero-order chi connectivity index (χ0) is 19.2. The Balaban J connectivity index is 1.90. The van der Waals surface area contributed by atoms with Crippen LogP contribution >= 0.6 is 0 Å². The van der Waals surface area contributed by atoms with E-state index < -0.39 is 18.1 Å². The number of carbonyl (C=O) groups excluding carboxylic acids is 2. The van der Waals surface area contributed by atoms with E-state index in [-0.39, 0.29) is 25.8 Å². The molecule has 0 aliphatic carbocycles. The number of hydrogen-bond acceptors (Lipinski definition) is 4. The summed E-state index contributed by atoms with van der Waals surface area (Å²) in [5, 5.41) is 9.98. The van der Waals surface area contributed by atoms with Crippen LogP contribution in [-0.4, -0.2) is 52.2 Å². The zero-order valence-corrected chi connectivity index (χ0v) is 15.3. The molecule has 3 rings (SSSR count). The molecule has 0 radical (unpaired) electrons. The van der Waals surface area contributed by atoms with Gasteiger partial charge in [0.15, 0.2) is 6.04 Å². The Kier molecular flexibility index (Phi) is 6.08. The first-order chi connectivity index (χ1) is 13.2. The number of ether oxygens (including phenoxy) is 1. The van der Waals surface area contributed by atoms with Gasteiger partial charge in [-0.05, 0) is 18.1 Å². The SMILES string of the molecule is CCOC(=O)C1C(CO)N(Cc2ccccc2)C(=O)N1Cc1ccccc1. The van der Waals surface area contributed by atoms with Crippen LogP contribution in [0.3, 0.4) is 0 Å². The van der Waals surface area contributed by atoms with Gasteiger partial charge in [-0.2, -0.15) is 0 Å². The molecule has 6 nitrogen and oxygen atoms in total. The van der Waals surface area contributed by atoms with E-state index >= 15 is 0 Å². The number of esters is 1. The topological polar surface area (TPSA) is 70.1 Å². The van der Waals surface area contributed by atoms with Crippen molar-refractivity contribution in [2.75, 3.05) is 13.2 Å². The predicted molar refractivity (Wildman–Crippen MR) is 101 cm³/mol. The van der Waals surface area contributed by atoms with Gasteiger partial charge in [0.2, 0.25) is 0 Å². The monoisotopic (exact) mass is 368 g/mol. The zero-order valence-electron chi connectivity index (χ0n) is 15.3. The smallest absolute Gasteiger partial charge is 0.331 e. The Morgan fingerprint density at radius 3 is 1.96 bits per heavy atom. The van der Waals surface area contributed by atoms with Crippen LogP contribution < -0.4 is 0 Å². The first-order valence-corrected chi connectivity index (χ1v) is 9.08. The van der Waals surface area contributed by atoms with E-state index in [1.807, 2.05) is 60.7 Å². The van der Waals surface area contributed by atoms with Gasteiger partial charge in [-0.1, -0.05) is 60.7 Å². The molecular formula is C21H24N2O4. The summed E-state index contributed by atoms with van der Waals surface area (Å²) in [5.74, 6) is -0.489. The number of urea groups is 1. The standard InChI is InChI=1S/C21H24N2O4/c1-2-27-20(25)19-18(15-24)22(13-16-9-5-3-6-10-16)21(26)23(19)14-17-11-7-4-8-12-17/h3-12,18-19,24H,2,13-15H2,1H3. The highest BCUT2D eigenvalue weighted by molar-refractivity contribution is 5.88. The van der Waals surface area contributed by atoms with Gasteiger partial charge in [0.25, 0.3) is 0 Å². The summed E-state index contributed by atoms with van der Waals surface area (Å²) in [6, 6.07) is 17.3. The predicted octanol–water partition coefficient (Wildman–Crippen LogP) is 2.42. The Hall–Kier alpha value is -2.86. The number of hydrogen-bond donors (Lipinski definition) is 1. The summed E-state index contributed by atoms with van der Waals surface area (Å²) < 4.78 is 5.20. The quantitative estimate of drug-likeness (QED) is 0.762. The van der Waals surface area contributed by atoms with Crippen molar-refractivity contribution in [2.24, 2.45) is 0 Å². The lowest BCUT2D eigenvalue weighted by Crippen LogP contribution is -2.46. The lowest BCUT2D eigenvalue weighted by atomic mass is 10.1. The van der Waals surface area contributed by atoms with E-state index in [9.17, 15) is 14.7 Å². The molecule has 1 aliphatic heterocycles. The van der Waals surface area contributed by atoms with Gasteiger partial charge in [0.1, 0.15) is 0 Å². The summed E-state index contributed by atoms with van der Waals surface area (Å²) in [5.41, 5.74) is 1.85. The van der Waals surface area contributed by atoms with Crippen molar-refractivity contribution < 1.29 is 19.4 Å². The average Bonchev–Trinajstić information content (AvgIpc) is 2.95. The van der Waals surface area contributed by atoms with Crippen LogP contribution in [0.15, 0.2) is 60.7 Å². The van der Waals surface area contributed by atoms with Gasteiger partial charge in [0, 0.05) is 13.1 Å². The first-order valence-electron chi connectivity index (χ1n) is 9.08. The molecule has 2 amide bonds. The summed E-state index contributed by atoms with van der Waals surface area (Å²) in [7, 11) is 0. The van der Waals surface area contributed by atoms with E-state index in [1.54, 1.807) is 11.8 Å². The van der Waals surface area contributed by atoms with Gasteiger partial charge >= 0.3 is 12.0 Å². The van der Waals surface area contributed by atoms with Crippen LogP contribution in [0.1, 0.15) is 18.1 Å².